The van der Waals surface area contributed by atoms with Gasteiger partial charge in [0, 0.05) is 13.7 Å². The fraction of sp³-hybridized carbons (Fsp3) is 0.846. The Morgan fingerprint density at radius 2 is 2.00 bits per heavy atom. The van der Waals surface area contributed by atoms with Crippen molar-refractivity contribution in [2.75, 3.05) is 20.3 Å². The average molecular weight is 272 g/mol. The summed E-state index contributed by atoms with van der Waals surface area (Å²) < 4.78 is 4.82. The van der Waals surface area contributed by atoms with Crippen LogP contribution < -0.4 is 10.6 Å². The van der Waals surface area contributed by atoms with Gasteiger partial charge in [-0.2, -0.15) is 0 Å². The minimum absolute atomic E-state index is 0.371. The molecule has 1 rings (SSSR count). The molecule has 1 fully saturated rings. The maximum Gasteiger partial charge on any atom is 0.329 e. The highest BCUT2D eigenvalue weighted by Crippen LogP contribution is 2.33. The van der Waals surface area contributed by atoms with Crippen LogP contribution in [0, 0.1) is 5.92 Å². The first-order valence-electron chi connectivity index (χ1n) is 6.82. The Bertz CT molecular complexity index is 312. The molecular weight excluding hydrogens is 248 g/mol. The standard InChI is InChI=1S/C13H24N2O4/c1-3-10-4-6-13(7-5-10,11(16)17)15-12(18)14-8-9-19-2/h10H,3-9H2,1-2H3,(H,16,17)(H2,14,15,18). The molecule has 1 aliphatic carbocycles. The Morgan fingerprint density at radius 1 is 1.37 bits per heavy atom. The van der Waals surface area contributed by atoms with E-state index in [1.54, 1.807) is 7.11 Å². The van der Waals surface area contributed by atoms with Gasteiger partial charge in [-0.3, -0.25) is 0 Å². The maximum atomic E-state index is 11.7. The summed E-state index contributed by atoms with van der Waals surface area (Å²) in [5, 5.41) is 14.6. The molecule has 0 heterocycles. The van der Waals surface area contributed by atoms with Gasteiger partial charge in [-0.1, -0.05) is 13.3 Å². The molecule has 6 heteroatoms. The maximum absolute atomic E-state index is 11.7. The molecule has 19 heavy (non-hydrogen) atoms. The van der Waals surface area contributed by atoms with E-state index in [0.717, 1.165) is 19.3 Å². The third-order valence-corrected chi connectivity index (χ3v) is 3.89. The molecule has 0 saturated heterocycles. The van der Waals surface area contributed by atoms with Crippen molar-refractivity contribution >= 4 is 12.0 Å². The second-order valence-electron chi connectivity index (χ2n) is 5.11. The number of urea groups is 1. The molecular formula is C13H24N2O4. The van der Waals surface area contributed by atoms with Gasteiger partial charge in [-0.05, 0) is 31.6 Å². The number of hydrogen-bond donors (Lipinski definition) is 3. The van der Waals surface area contributed by atoms with Gasteiger partial charge >= 0.3 is 12.0 Å². The molecule has 0 radical (unpaired) electrons. The molecule has 110 valence electrons. The zero-order valence-corrected chi connectivity index (χ0v) is 11.7. The third-order valence-electron chi connectivity index (χ3n) is 3.89. The SMILES string of the molecule is CCC1CCC(NC(=O)NCCOC)(C(=O)O)CC1. The topological polar surface area (TPSA) is 87.7 Å². The van der Waals surface area contributed by atoms with Gasteiger partial charge < -0.3 is 20.5 Å². The lowest BCUT2D eigenvalue weighted by Gasteiger charge is -2.37. The molecule has 0 atom stereocenters. The number of hydrogen-bond acceptors (Lipinski definition) is 3. The van der Waals surface area contributed by atoms with E-state index in [-0.39, 0.29) is 0 Å². The van der Waals surface area contributed by atoms with E-state index in [0.29, 0.717) is 31.9 Å². The quantitative estimate of drug-likeness (QED) is 0.637. The number of carboxylic acids is 1. The first-order chi connectivity index (χ1) is 9.04. The minimum Gasteiger partial charge on any atom is -0.480 e. The van der Waals surface area contributed by atoms with Gasteiger partial charge in [-0.15, -0.1) is 0 Å². The van der Waals surface area contributed by atoms with Crippen LogP contribution >= 0.6 is 0 Å². The fourth-order valence-corrected chi connectivity index (χ4v) is 2.50. The molecule has 0 bridgehead atoms. The zero-order chi connectivity index (χ0) is 14.3. The normalized spacial score (nSPS) is 26.7. The number of amides is 2. The van der Waals surface area contributed by atoms with Gasteiger partial charge in [0.1, 0.15) is 5.54 Å². The molecule has 0 spiro atoms. The Kier molecular flexibility index (Phi) is 6.08. The monoisotopic (exact) mass is 272 g/mol. The second kappa shape index (κ2) is 7.33. The van der Waals surface area contributed by atoms with Crippen LogP contribution in [0.3, 0.4) is 0 Å². The van der Waals surface area contributed by atoms with Gasteiger partial charge in [-0.25, -0.2) is 9.59 Å². The molecule has 1 saturated carbocycles. The summed E-state index contributed by atoms with van der Waals surface area (Å²) >= 11 is 0. The van der Waals surface area contributed by atoms with Crippen LogP contribution in [0.1, 0.15) is 39.0 Å². The van der Waals surface area contributed by atoms with E-state index < -0.39 is 17.5 Å². The van der Waals surface area contributed by atoms with Crippen LogP contribution in [0.15, 0.2) is 0 Å². The Hall–Kier alpha value is -1.30. The van der Waals surface area contributed by atoms with Crippen LogP contribution in [0.4, 0.5) is 4.79 Å². The smallest absolute Gasteiger partial charge is 0.329 e. The van der Waals surface area contributed by atoms with Crippen molar-refractivity contribution in [1.29, 1.82) is 0 Å². The van der Waals surface area contributed by atoms with Crippen molar-refractivity contribution in [3.63, 3.8) is 0 Å². The lowest BCUT2D eigenvalue weighted by molar-refractivity contribution is -0.146. The number of carbonyl (C=O) groups is 2. The minimum atomic E-state index is -1.11. The van der Waals surface area contributed by atoms with E-state index in [9.17, 15) is 14.7 Å². The first kappa shape index (κ1) is 15.8. The summed E-state index contributed by atoms with van der Waals surface area (Å²) in [5.74, 6) is -0.366. The van der Waals surface area contributed by atoms with Crippen molar-refractivity contribution in [3.05, 3.63) is 0 Å². The number of carboxylic acid groups (broad SMARTS) is 1. The molecule has 2 amide bonds. The van der Waals surface area contributed by atoms with Crippen LogP contribution in [0.5, 0.6) is 0 Å². The number of nitrogens with one attached hydrogen (secondary N) is 2. The van der Waals surface area contributed by atoms with Crippen molar-refractivity contribution in [2.24, 2.45) is 5.92 Å². The Morgan fingerprint density at radius 3 is 2.47 bits per heavy atom. The summed E-state index contributed by atoms with van der Waals surface area (Å²) in [7, 11) is 1.55. The number of rotatable bonds is 6. The third kappa shape index (κ3) is 4.38. The average Bonchev–Trinajstić information content (AvgIpc) is 2.39. The summed E-state index contributed by atoms with van der Waals surface area (Å²) in [4.78, 5) is 23.2. The van der Waals surface area contributed by atoms with Crippen molar-refractivity contribution < 1.29 is 19.4 Å². The fourth-order valence-electron chi connectivity index (χ4n) is 2.50. The molecule has 6 nitrogen and oxygen atoms in total. The van der Waals surface area contributed by atoms with Crippen molar-refractivity contribution in [1.82, 2.24) is 10.6 Å². The highest BCUT2D eigenvalue weighted by atomic mass is 16.5. The Balaban J connectivity index is 2.53. The largest absolute Gasteiger partial charge is 0.480 e. The second-order valence-corrected chi connectivity index (χ2v) is 5.11. The zero-order valence-electron chi connectivity index (χ0n) is 11.7. The number of ether oxygens (including phenoxy) is 1. The van der Waals surface area contributed by atoms with E-state index in [1.165, 1.54) is 0 Å². The van der Waals surface area contributed by atoms with Crippen LogP contribution in [0.25, 0.3) is 0 Å². The number of aliphatic carboxylic acids is 1. The predicted molar refractivity (Wildman–Crippen MR) is 71.0 cm³/mol. The summed E-state index contributed by atoms with van der Waals surface area (Å²) in [5.41, 5.74) is -1.11. The number of methoxy groups -OCH3 is 1. The van der Waals surface area contributed by atoms with E-state index in [1.807, 2.05) is 0 Å². The molecule has 1 aliphatic rings. The summed E-state index contributed by atoms with van der Waals surface area (Å²) in [6.45, 7) is 2.89. The van der Waals surface area contributed by atoms with E-state index in [4.69, 9.17) is 4.74 Å². The highest BCUT2D eigenvalue weighted by Gasteiger charge is 2.42. The van der Waals surface area contributed by atoms with E-state index >= 15 is 0 Å². The van der Waals surface area contributed by atoms with Gasteiger partial charge in [0.2, 0.25) is 0 Å². The number of carbonyl (C=O) groups excluding carboxylic acids is 1. The lowest BCUT2D eigenvalue weighted by Crippen LogP contribution is -2.58. The predicted octanol–water partition coefficient (Wildman–Crippen LogP) is 1.36. The van der Waals surface area contributed by atoms with Gasteiger partial charge in [0.05, 0.1) is 6.61 Å². The van der Waals surface area contributed by atoms with Crippen LogP contribution in [0.2, 0.25) is 0 Å². The van der Waals surface area contributed by atoms with Crippen molar-refractivity contribution in [3.8, 4) is 0 Å². The molecule has 0 aliphatic heterocycles. The highest BCUT2D eigenvalue weighted by molar-refractivity contribution is 5.86. The first-order valence-corrected chi connectivity index (χ1v) is 6.82. The molecule has 0 unspecified atom stereocenters. The molecule has 0 aromatic rings. The van der Waals surface area contributed by atoms with Gasteiger partial charge in [0.15, 0.2) is 0 Å². The van der Waals surface area contributed by atoms with Crippen LogP contribution in [-0.2, 0) is 9.53 Å². The lowest BCUT2D eigenvalue weighted by atomic mass is 9.75. The van der Waals surface area contributed by atoms with Crippen molar-refractivity contribution in [2.45, 2.75) is 44.6 Å². The summed E-state index contributed by atoms with van der Waals surface area (Å²) in [6.07, 6.45) is 3.76. The molecule has 0 aromatic heterocycles. The van der Waals surface area contributed by atoms with Crippen LogP contribution in [-0.4, -0.2) is 42.9 Å². The molecule has 3 N–H and O–H groups in total. The van der Waals surface area contributed by atoms with E-state index in [2.05, 4.69) is 17.6 Å². The molecule has 0 aromatic carbocycles. The summed E-state index contributed by atoms with van der Waals surface area (Å²) in [6, 6.07) is -0.436. The van der Waals surface area contributed by atoms with Gasteiger partial charge in [0.25, 0.3) is 0 Å². The Labute approximate surface area is 113 Å².